The number of rotatable bonds is 5. The fourth-order valence-electron chi connectivity index (χ4n) is 1.70. The Morgan fingerprint density at radius 1 is 1.04 bits per heavy atom. The van der Waals surface area contributed by atoms with Gasteiger partial charge in [0, 0.05) is 5.56 Å². The first-order valence-corrected chi connectivity index (χ1v) is 6.47. The van der Waals surface area contributed by atoms with Gasteiger partial charge in [0.1, 0.15) is 23.6 Å². The molecule has 0 saturated heterocycles. The molecule has 0 spiro atoms. The molecule has 0 radical (unpaired) electrons. The second kappa shape index (κ2) is 7.26. The predicted octanol–water partition coefficient (Wildman–Crippen LogP) is 2.57. The van der Waals surface area contributed by atoms with E-state index in [0.717, 1.165) is 18.2 Å². The van der Waals surface area contributed by atoms with Crippen molar-refractivity contribution in [2.45, 2.75) is 0 Å². The minimum Gasteiger partial charge on any atom is -0.452 e. The molecule has 0 saturated carbocycles. The predicted molar refractivity (Wildman–Crippen MR) is 77.1 cm³/mol. The van der Waals surface area contributed by atoms with Crippen LogP contribution >= 0.6 is 0 Å². The summed E-state index contributed by atoms with van der Waals surface area (Å²) in [6.07, 6.45) is 0.617. The van der Waals surface area contributed by atoms with Crippen molar-refractivity contribution in [2.24, 2.45) is 0 Å². The number of hydrogen-bond acceptors (Lipinski definition) is 4. The highest BCUT2D eigenvalue weighted by atomic mass is 19.1. The molecule has 0 fully saturated rings. The third-order valence-electron chi connectivity index (χ3n) is 2.84. The van der Waals surface area contributed by atoms with Gasteiger partial charge in [-0.3, -0.25) is 9.59 Å². The second-order valence-electron chi connectivity index (χ2n) is 4.46. The number of benzene rings is 2. The molecule has 2 aromatic rings. The number of amides is 1. The molecule has 0 heterocycles. The number of aldehydes is 1. The Hall–Kier alpha value is -3.09. The molecular weight excluding hydrogens is 308 g/mol. The Morgan fingerprint density at radius 3 is 2.22 bits per heavy atom. The van der Waals surface area contributed by atoms with Gasteiger partial charge in [-0.15, -0.1) is 0 Å². The Kier molecular flexibility index (Phi) is 5.14. The SMILES string of the molecule is O=Cc1ccc(C(=O)OCC(=O)Nc2c(F)cccc2F)cc1. The zero-order chi connectivity index (χ0) is 16.8. The molecule has 2 rings (SSSR count). The topological polar surface area (TPSA) is 72.5 Å². The maximum atomic E-state index is 13.4. The molecule has 0 aliphatic heterocycles. The van der Waals surface area contributed by atoms with Crippen LogP contribution in [0, 0.1) is 11.6 Å². The normalized spacial score (nSPS) is 10.0. The summed E-state index contributed by atoms with van der Waals surface area (Å²) in [5.41, 5.74) is -0.0846. The van der Waals surface area contributed by atoms with Crippen LogP contribution in [0.4, 0.5) is 14.5 Å². The van der Waals surface area contributed by atoms with E-state index < -0.39 is 35.8 Å². The summed E-state index contributed by atoms with van der Waals surface area (Å²) in [5.74, 6) is -3.55. The summed E-state index contributed by atoms with van der Waals surface area (Å²) in [5, 5.41) is 1.99. The van der Waals surface area contributed by atoms with E-state index in [2.05, 4.69) is 0 Å². The van der Waals surface area contributed by atoms with Crippen LogP contribution in [0.3, 0.4) is 0 Å². The van der Waals surface area contributed by atoms with E-state index in [0.29, 0.717) is 11.8 Å². The molecular formula is C16H11F2NO4. The third kappa shape index (κ3) is 4.19. The van der Waals surface area contributed by atoms with Crippen molar-refractivity contribution in [3.8, 4) is 0 Å². The zero-order valence-electron chi connectivity index (χ0n) is 11.7. The number of carbonyl (C=O) groups is 3. The fourth-order valence-corrected chi connectivity index (χ4v) is 1.70. The minimum absolute atomic E-state index is 0.139. The van der Waals surface area contributed by atoms with Crippen LogP contribution in [0.25, 0.3) is 0 Å². The van der Waals surface area contributed by atoms with Gasteiger partial charge in [-0.05, 0) is 24.3 Å². The van der Waals surface area contributed by atoms with Crippen molar-refractivity contribution in [1.82, 2.24) is 0 Å². The Balaban J connectivity index is 1.93. The van der Waals surface area contributed by atoms with Gasteiger partial charge in [0.15, 0.2) is 6.61 Å². The maximum absolute atomic E-state index is 13.4. The third-order valence-corrected chi connectivity index (χ3v) is 2.84. The summed E-state index contributed by atoms with van der Waals surface area (Å²) in [7, 11) is 0. The van der Waals surface area contributed by atoms with Gasteiger partial charge in [-0.2, -0.15) is 0 Å². The minimum atomic E-state index is -0.936. The number of ether oxygens (including phenoxy) is 1. The van der Waals surface area contributed by atoms with Crippen LogP contribution in [0.1, 0.15) is 20.7 Å². The molecule has 7 heteroatoms. The van der Waals surface area contributed by atoms with E-state index in [9.17, 15) is 23.2 Å². The first-order chi connectivity index (χ1) is 11.0. The Labute approximate surface area is 129 Å². The number of halogens is 2. The molecule has 0 aliphatic rings. The molecule has 118 valence electrons. The highest BCUT2D eigenvalue weighted by Crippen LogP contribution is 2.17. The number of para-hydroxylation sites is 1. The van der Waals surface area contributed by atoms with Gasteiger partial charge in [0.05, 0.1) is 5.56 Å². The lowest BCUT2D eigenvalue weighted by Crippen LogP contribution is -2.22. The Morgan fingerprint density at radius 2 is 1.65 bits per heavy atom. The lowest BCUT2D eigenvalue weighted by atomic mass is 10.1. The van der Waals surface area contributed by atoms with Crippen molar-refractivity contribution in [1.29, 1.82) is 0 Å². The number of nitrogens with one attached hydrogen (secondary N) is 1. The van der Waals surface area contributed by atoms with Crippen LogP contribution in [0.5, 0.6) is 0 Å². The van der Waals surface area contributed by atoms with E-state index in [1.54, 1.807) is 0 Å². The van der Waals surface area contributed by atoms with E-state index in [-0.39, 0.29) is 5.56 Å². The monoisotopic (exact) mass is 319 g/mol. The van der Waals surface area contributed by atoms with Crippen molar-refractivity contribution in [3.05, 3.63) is 65.2 Å². The summed E-state index contributed by atoms with van der Waals surface area (Å²) >= 11 is 0. The van der Waals surface area contributed by atoms with Gasteiger partial charge in [-0.25, -0.2) is 13.6 Å². The van der Waals surface area contributed by atoms with E-state index in [4.69, 9.17) is 4.74 Å². The molecule has 23 heavy (non-hydrogen) atoms. The molecule has 0 aromatic heterocycles. The van der Waals surface area contributed by atoms with Crippen LogP contribution < -0.4 is 5.32 Å². The molecule has 1 N–H and O–H groups in total. The van der Waals surface area contributed by atoms with Crippen LogP contribution in [0.15, 0.2) is 42.5 Å². The fraction of sp³-hybridized carbons (Fsp3) is 0.0625. The van der Waals surface area contributed by atoms with Gasteiger partial charge in [0.25, 0.3) is 5.91 Å². The number of esters is 1. The lowest BCUT2D eigenvalue weighted by Gasteiger charge is -2.08. The van der Waals surface area contributed by atoms with Crippen molar-refractivity contribution in [2.75, 3.05) is 11.9 Å². The van der Waals surface area contributed by atoms with E-state index >= 15 is 0 Å². The quantitative estimate of drug-likeness (QED) is 0.679. The molecule has 0 unspecified atom stereocenters. The van der Waals surface area contributed by atoms with Crippen molar-refractivity contribution in [3.63, 3.8) is 0 Å². The first kappa shape index (κ1) is 16.3. The van der Waals surface area contributed by atoms with Crippen LogP contribution in [-0.2, 0) is 9.53 Å². The average Bonchev–Trinajstić information content (AvgIpc) is 2.56. The van der Waals surface area contributed by atoms with Crippen LogP contribution in [-0.4, -0.2) is 24.8 Å². The van der Waals surface area contributed by atoms with E-state index in [1.807, 2.05) is 5.32 Å². The first-order valence-electron chi connectivity index (χ1n) is 6.47. The summed E-state index contributed by atoms with van der Waals surface area (Å²) in [6, 6.07) is 8.68. The van der Waals surface area contributed by atoms with Gasteiger partial charge < -0.3 is 10.1 Å². The average molecular weight is 319 g/mol. The molecule has 0 aliphatic carbocycles. The van der Waals surface area contributed by atoms with Gasteiger partial charge >= 0.3 is 5.97 Å². The molecule has 1 amide bonds. The number of hydrogen-bond donors (Lipinski definition) is 1. The summed E-state index contributed by atoms with van der Waals surface area (Å²) in [6.45, 7) is -0.706. The summed E-state index contributed by atoms with van der Waals surface area (Å²) in [4.78, 5) is 33.8. The van der Waals surface area contributed by atoms with Crippen LogP contribution in [0.2, 0.25) is 0 Å². The van der Waals surface area contributed by atoms with Crippen molar-refractivity contribution >= 4 is 23.9 Å². The number of anilines is 1. The lowest BCUT2D eigenvalue weighted by molar-refractivity contribution is -0.119. The van der Waals surface area contributed by atoms with Gasteiger partial charge in [0.2, 0.25) is 0 Å². The van der Waals surface area contributed by atoms with E-state index in [1.165, 1.54) is 24.3 Å². The standard InChI is InChI=1S/C16H11F2NO4/c17-12-2-1-3-13(18)15(12)19-14(21)9-23-16(22)11-6-4-10(8-20)5-7-11/h1-8H,9H2,(H,19,21). The highest BCUT2D eigenvalue weighted by Gasteiger charge is 2.14. The molecule has 0 bridgehead atoms. The maximum Gasteiger partial charge on any atom is 0.338 e. The summed E-state index contributed by atoms with van der Waals surface area (Å²) < 4.78 is 31.4. The van der Waals surface area contributed by atoms with Crippen molar-refractivity contribution < 1.29 is 27.9 Å². The number of carbonyl (C=O) groups excluding carboxylic acids is 3. The smallest absolute Gasteiger partial charge is 0.338 e. The molecule has 2 aromatic carbocycles. The molecule has 5 nitrogen and oxygen atoms in total. The van der Waals surface area contributed by atoms with Gasteiger partial charge in [-0.1, -0.05) is 18.2 Å². The molecule has 0 atom stereocenters. The Bertz CT molecular complexity index is 724. The zero-order valence-corrected chi connectivity index (χ0v) is 11.7. The second-order valence-corrected chi connectivity index (χ2v) is 4.46. The largest absolute Gasteiger partial charge is 0.452 e. The highest BCUT2D eigenvalue weighted by molar-refractivity contribution is 5.95.